The van der Waals surface area contributed by atoms with E-state index < -0.39 is 0 Å². The van der Waals surface area contributed by atoms with Gasteiger partial charge >= 0.3 is 0 Å². The third-order valence-electron chi connectivity index (χ3n) is 5.68. The van der Waals surface area contributed by atoms with Crippen molar-refractivity contribution in [3.63, 3.8) is 0 Å². The van der Waals surface area contributed by atoms with Crippen LogP contribution in [0.3, 0.4) is 0 Å². The normalized spacial score (nSPS) is 11.7. The lowest BCUT2D eigenvalue weighted by molar-refractivity contribution is 0.536. The predicted octanol–water partition coefficient (Wildman–Crippen LogP) is 6.51. The van der Waals surface area contributed by atoms with E-state index in [1.807, 2.05) is 55.6 Å². The predicted molar refractivity (Wildman–Crippen MR) is 159 cm³/mol. The van der Waals surface area contributed by atoms with E-state index in [2.05, 4.69) is 66.7 Å². The quantitative estimate of drug-likeness (QED) is 0.144. The van der Waals surface area contributed by atoms with Crippen molar-refractivity contribution >= 4 is 5.84 Å². The molecule has 5 heteroatoms. The Morgan fingerprint density at radius 3 is 2.27 bits per heavy atom. The SMILES string of the molecule is C=C/C(N)=C\N=C(c1ccccc1)N(C)CC.C=CNC(Cc1ccccc1)C(=C)C(=C)CCCC#N. The fraction of sp³-hybridized carbons (Fsp3) is 0.250. The smallest absolute Gasteiger partial charge is 0.135 e. The van der Waals surface area contributed by atoms with Crippen LogP contribution in [-0.4, -0.2) is 30.4 Å². The molecule has 0 bridgehead atoms. The molecule has 0 aliphatic carbocycles. The minimum Gasteiger partial charge on any atom is -0.397 e. The van der Waals surface area contributed by atoms with E-state index in [1.54, 1.807) is 18.5 Å². The van der Waals surface area contributed by atoms with E-state index in [1.165, 1.54) is 5.56 Å². The summed E-state index contributed by atoms with van der Waals surface area (Å²) in [6.07, 6.45) is 7.96. The Bertz CT molecular complexity index is 1090. The Morgan fingerprint density at radius 2 is 1.73 bits per heavy atom. The van der Waals surface area contributed by atoms with Crippen molar-refractivity contribution in [3.05, 3.63) is 133 Å². The van der Waals surface area contributed by atoms with Crippen molar-refractivity contribution < 1.29 is 0 Å². The molecule has 0 radical (unpaired) electrons. The van der Waals surface area contributed by atoms with Gasteiger partial charge in [0.2, 0.25) is 0 Å². The van der Waals surface area contributed by atoms with Gasteiger partial charge in [0.25, 0.3) is 0 Å². The van der Waals surface area contributed by atoms with Crippen LogP contribution in [0.2, 0.25) is 0 Å². The number of benzene rings is 2. The van der Waals surface area contributed by atoms with Crippen LogP contribution in [-0.2, 0) is 6.42 Å². The summed E-state index contributed by atoms with van der Waals surface area (Å²) in [5.74, 6) is 0.901. The average Bonchev–Trinajstić information content (AvgIpc) is 2.93. The summed E-state index contributed by atoms with van der Waals surface area (Å²) < 4.78 is 0. The molecule has 37 heavy (non-hydrogen) atoms. The van der Waals surface area contributed by atoms with Gasteiger partial charge < -0.3 is 16.0 Å². The number of allylic oxidation sites excluding steroid dienone is 1. The molecule has 0 amide bonds. The van der Waals surface area contributed by atoms with Crippen molar-refractivity contribution in [2.24, 2.45) is 10.7 Å². The maximum Gasteiger partial charge on any atom is 0.135 e. The van der Waals surface area contributed by atoms with Crippen LogP contribution in [0.1, 0.15) is 37.3 Å². The maximum absolute atomic E-state index is 8.58. The van der Waals surface area contributed by atoms with Crippen LogP contribution >= 0.6 is 0 Å². The van der Waals surface area contributed by atoms with Gasteiger partial charge in [-0.2, -0.15) is 5.26 Å². The summed E-state index contributed by atoms with van der Waals surface area (Å²) in [7, 11) is 2.00. The molecule has 1 atom stereocenters. The number of rotatable bonds is 13. The molecule has 0 aromatic heterocycles. The number of amidine groups is 1. The molecule has 0 heterocycles. The second kappa shape index (κ2) is 18.0. The Hall–Kier alpha value is -4.30. The molecular weight excluding hydrogens is 454 g/mol. The van der Waals surface area contributed by atoms with Crippen molar-refractivity contribution in [2.75, 3.05) is 13.6 Å². The fourth-order valence-electron chi connectivity index (χ4n) is 3.38. The average molecular weight is 496 g/mol. The van der Waals surface area contributed by atoms with Crippen molar-refractivity contribution in [3.8, 4) is 6.07 Å². The minimum absolute atomic E-state index is 0.101. The maximum atomic E-state index is 8.58. The highest BCUT2D eigenvalue weighted by Crippen LogP contribution is 2.20. The Balaban J connectivity index is 0.000000375. The molecule has 0 aliphatic rings. The van der Waals surface area contributed by atoms with Gasteiger partial charge in [0.15, 0.2) is 0 Å². The van der Waals surface area contributed by atoms with Crippen LogP contribution in [0.4, 0.5) is 0 Å². The fourth-order valence-corrected chi connectivity index (χ4v) is 3.38. The second-order valence-corrected chi connectivity index (χ2v) is 8.42. The number of nitrogens with zero attached hydrogens (tertiary/aromatic N) is 3. The molecule has 0 saturated carbocycles. The molecule has 2 rings (SSSR count). The van der Waals surface area contributed by atoms with Crippen molar-refractivity contribution in [2.45, 2.75) is 38.6 Å². The monoisotopic (exact) mass is 495 g/mol. The zero-order valence-electron chi connectivity index (χ0n) is 22.4. The Morgan fingerprint density at radius 1 is 1.11 bits per heavy atom. The van der Waals surface area contributed by atoms with Gasteiger partial charge in [-0.25, -0.2) is 4.99 Å². The van der Waals surface area contributed by atoms with Gasteiger partial charge in [0.1, 0.15) is 5.84 Å². The van der Waals surface area contributed by atoms with Crippen LogP contribution in [0.5, 0.6) is 0 Å². The highest BCUT2D eigenvalue weighted by molar-refractivity contribution is 5.99. The first kappa shape index (κ1) is 30.7. The Labute approximate surface area is 223 Å². The van der Waals surface area contributed by atoms with Gasteiger partial charge in [-0.05, 0) is 49.6 Å². The number of hydrogen-bond donors (Lipinski definition) is 2. The molecule has 0 fully saturated rings. The molecule has 1 unspecified atom stereocenters. The number of nitrogens with two attached hydrogens (primary N) is 1. The molecular formula is C32H41N5. The van der Waals surface area contributed by atoms with E-state index in [9.17, 15) is 0 Å². The van der Waals surface area contributed by atoms with Gasteiger partial charge in [0.05, 0.1) is 18.3 Å². The highest BCUT2D eigenvalue weighted by Gasteiger charge is 2.14. The third-order valence-corrected chi connectivity index (χ3v) is 5.68. The summed E-state index contributed by atoms with van der Waals surface area (Å²) in [5.41, 5.74) is 10.5. The topological polar surface area (TPSA) is 77.4 Å². The van der Waals surface area contributed by atoms with Gasteiger partial charge in [-0.15, -0.1) is 0 Å². The van der Waals surface area contributed by atoms with E-state index in [4.69, 9.17) is 11.0 Å². The molecule has 0 spiro atoms. The minimum atomic E-state index is 0.101. The first-order chi connectivity index (χ1) is 17.9. The Kier molecular flexibility index (Phi) is 15.0. The van der Waals surface area contributed by atoms with E-state index in [-0.39, 0.29) is 6.04 Å². The summed E-state index contributed by atoms with van der Waals surface area (Å²) >= 11 is 0. The number of hydrogen-bond acceptors (Lipinski definition) is 4. The molecule has 3 N–H and O–H groups in total. The standard InChI is InChI=1S/C18H22N2.C14H19N3/c1-4-20-18(14-17-11-6-5-7-12-17)16(3)15(2)10-8-9-13-19;1-4-13(15)11-16-14(17(3)5-2)12-9-7-6-8-10-12/h4-7,11-12,18,20H,1-3,8-10,14H2;4,6-11H,1,5,15H2,2-3H3/b;13-11+,16-14?. The summed E-state index contributed by atoms with van der Waals surface area (Å²) in [6.45, 7) is 18.5. The molecule has 5 nitrogen and oxygen atoms in total. The summed E-state index contributed by atoms with van der Waals surface area (Å²) in [6, 6.07) is 22.6. The molecule has 2 aromatic carbocycles. The molecule has 194 valence electrons. The lowest BCUT2D eigenvalue weighted by Crippen LogP contribution is -2.29. The van der Waals surface area contributed by atoms with Gasteiger partial charge in [-0.1, -0.05) is 92.6 Å². The van der Waals surface area contributed by atoms with Crippen LogP contribution < -0.4 is 11.1 Å². The zero-order chi connectivity index (χ0) is 27.5. The van der Waals surface area contributed by atoms with E-state index in [0.29, 0.717) is 12.1 Å². The van der Waals surface area contributed by atoms with Crippen LogP contribution in [0.25, 0.3) is 0 Å². The summed E-state index contributed by atoms with van der Waals surface area (Å²) in [4.78, 5) is 6.49. The first-order valence-corrected chi connectivity index (χ1v) is 12.4. The van der Waals surface area contributed by atoms with Crippen molar-refractivity contribution in [1.82, 2.24) is 10.2 Å². The summed E-state index contributed by atoms with van der Waals surface area (Å²) in [5, 5.41) is 11.8. The molecule has 0 saturated heterocycles. The third kappa shape index (κ3) is 11.8. The number of nitrogens with one attached hydrogen (secondary N) is 1. The highest BCUT2D eigenvalue weighted by atomic mass is 15.2. The number of unbranched alkanes of at least 4 members (excludes halogenated alkanes) is 1. The lowest BCUT2D eigenvalue weighted by Gasteiger charge is -2.22. The van der Waals surface area contributed by atoms with Gasteiger partial charge in [0, 0.05) is 31.3 Å². The molecule has 2 aromatic rings. The van der Waals surface area contributed by atoms with E-state index >= 15 is 0 Å². The zero-order valence-corrected chi connectivity index (χ0v) is 22.4. The number of nitriles is 1. The van der Waals surface area contributed by atoms with E-state index in [0.717, 1.165) is 48.4 Å². The second-order valence-electron chi connectivity index (χ2n) is 8.42. The molecule has 0 aliphatic heterocycles. The number of aliphatic imine (C=N–C) groups is 1. The van der Waals surface area contributed by atoms with Gasteiger partial charge in [-0.3, -0.25) is 0 Å². The lowest BCUT2D eigenvalue weighted by atomic mass is 9.92. The largest absolute Gasteiger partial charge is 0.397 e. The van der Waals surface area contributed by atoms with Crippen LogP contribution in [0.15, 0.2) is 127 Å². The van der Waals surface area contributed by atoms with Crippen LogP contribution in [0, 0.1) is 11.3 Å². The van der Waals surface area contributed by atoms with Crippen molar-refractivity contribution in [1.29, 1.82) is 5.26 Å². The first-order valence-electron chi connectivity index (χ1n) is 12.4.